The molecular weight excluding hydrogens is 282 g/mol. The monoisotopic (exact) mass is 293 g/mol. The molecule has 104 valence electrons. The maximum Gasteiger partial charge on any atom is 0.277 e. The molecule has 2 aromatic rings. The number of nitro groups is 1. The summed E-state index contributed by atoms with van der Waals surface area (Å²) in [5.41, 5.74) is 1.04. The average Bonchev–Trinajstić information content (AvgIpc) is 2.35. The van der Waals surface area contributed by atoms with Gasteiger partial charge in [-0.3, -0.25) is 10.1 Å². The van der Waals surface area contributed by atoms with Crippen molar-refractivity contribution in [3.05, 3.63) is 62.7 Å². The van der Waals surface area contributed by atoms with Crippen LogP contribution in [0.5, 0.6) is 11.5 Å². The zero-order valence-electron chi connectivity index (χ0n) is 10.7. The first-order chi connectivity index (χ1) is 9.47. The molecule has 0 radical (unpaired) electrons. The Morgan fingerprint density at radius 3 is 2.75 bits per heavy atom. The topological polar surface area (TPSA) is 72.6 Å². The first-order valence-corrected chi connectivity index (χ1v) is 6.20. The van der Waals surface area contributed by atoms with E-state index >= 15 is 0 Å². The molecule has 1 N–H and O–H groups in total. The van der Waals surface area contributed by atoms with Crippen LogP contribution in [0, 0.1) is 17.0 Å². The lowest BCUT2D eigenvalue weighted by molar-refractivity contribution is -0.385. The lowest BCUT2D eigenvalue weighted by Gasteiger charge is -2.09. The zero-order valence-corrected chi connectivity index (χ0v) is 11.4. The second-order valence-electron chi connectivity index (χ2n) is 4.29. The highest BCUT2D eigenvalue weighted by molar-refractivity contribution is 6.31. The summed E-state index contributed by atoms with van der Waals surface area (Å²) in [4.78, 5) is 10.4. The van der Waals surface area contributed by atoms with Gasteiger partial charge in [-0.25, -0.2) is 0 Å². The van der Waals surface area contributed by atoms with Crippen LogP contribution in [0.4, 0.5) is 5.69 Å². The number of ether oxygens (including phenoxy) is 1. The van der Waals surface area contributed by atoms with E-state index in [2.05, 4.69) is 0 Å². The number of aromatic hydroxyl groups is 1. The number of phenols is 1. The zero-order chi connectivity index (χ0) is 14.7. The van der Waals surface area contributed by atoms with Crippen molar-refractivity contribution >= 4 is 17.3 Å². The van der Waals surface area contributed by atoms with Crippen LogP contribution in [0.25, 0.3) is 0 Å². The van der Waals surface area contributed by atoms with Crippen LogP contribution < -0.4 is 4.74 Å². The van der Waals surface area contributed by atoms with E-state index in [0.29, 0.717) is 11.3 Å². The van der Waals surface area contributed by atoms with Gasteiger partial charge in [-0.2, -0.15) is 0 Å². The molecule has 0 atom stereocenters. The van der Waals surface area contributed by atoms with Gasteiger partial charge >= 0.3 is 0 Å². The number of hydrogen-bond acceptors (Lipinski definition) is 4. The van der Waals surface area contributed by atoms with E-state index in [-0.39, 0.29) is 23.1 Å². The molecule has 20 heavy (non-hydrogen) atoms. The predicted octanol–water partition coefficient (Wildman–Crippen LogP) is 3.84. The van der Waals surface area contributed by atoms with Crippen molar-refractivity contribution in [3.8, 4) is 11.5 Å². The van der Waals surface area contributed by atoms with Crippen molar-refractivity contribution in [2.45, 2.75) is 13.5 Å². The van der Waals surface area contributed by atoms with Gasteiger partial charge in [-0.15, -0.1) is 0 Å². The maximum atomic E-state index is 10.9. The third-order valence-corrected chi connectivity index (χ3v) is 3.06. The van der Waals surface area contributed by atoms with E-state index in [1.165, 1.54) is 18.2 Å². The predicted molar refractivity (Wildman–Crippen MR) is 75.3 cm³/mol. The van der Waals surface area contributed by atoms with E-state index in [1.807, 2.05) is 6.92 Å². The highest BCUT2D eigenvalue weighted by atomic mass is 35.5. The summed E-state index contributed by atoms with van der Waals surface area (Å²) < 4.78 is 5.48. The van der Waals surface area contributed by atoms with Crippen molar-refractivity contribution in [3.63, 3.8) is 0 Å². The minimum atomic E-state index is -0.502. The second kappa shape index (κ2) is 5.79. The van der Waals surface area contributed by atoms with Gasteiger partial charge in [0.15, 0.2) is 0 Å². The van der Waals surface area contributed by atoms with E-state index in [4.69, 9.17) is 16.3 Å². The number of phenolic OH excluding ortho intramolecular Hbond substituents is 1. The molecule has 0 aliphatic rings. The van der Waals surface area contributed by atoms with Gasteiger partial charge in [0.25, 0.3) is 5.69 Å². The fourth-order valence-electron chi connectivity index (χ4n) is 1.83. The van der Waals surface area contributed by atoms with Crippen LogP contribution in [0.15, 0.2) is 36.4 Å². The molecule has 2 rings (SSSR count). The number of aryl methyl sites for hydroxylation is 1. The largest absolute Gasteiger partial charge is 0.508 e. The fourth-order valence-corrected chi connectivity index (χ4v) is 2.05. The number of hydrogen-bond donors (Lipinski definition) is 1. The van der Waals surface area contributed by atoms with Crippen LogP contribution in [0.1, 0.15) is 11.1 Å². The fraction of sp³-hybridized carbons (Fsp3) is 0.143. The second-order valence-corrected chi connectivity index (χ2v) is 4.69. The van der Waals surface area contributed by atoms with Crippen LogP contribution in [0.3, 0.4) is 0 Å². The molecule has 0 aliphatic heterocycles. The minimum absolute atomic E-state index is 0.0428. The molecule has 0 saturated heterocycles. The SMILES string of the molecule is Cc1cc(O)cc(OCc2c(Cl)cccc2[N+](=O)[O-])c1. The van der Waals surface area contributed by atoms with Gasteiger partial charge in [0.05, 0.1) is 15.5 Å². The molecule has 0 bridgehead atoms. The van der Waals surface area contributed by atoms with Crippen LogP contribution in [-0.4, -0.2) is 10.0 Å². The Kier molecular flexibility index (Phi) is 4.10. The smallest absolute Gasteiger partial charge is 0.277 e. The Balaban J connectivity index is 2.25. The first-order valence-electron chi connectivity index (χ1n) is 5.82. The van der Waals surface area contributed by atoms with Crippen LogP contribution in [-0.2, 0) is 6.61 Å². The number of halogens is 1. The number of nitrogens with zero attached hydrogens (tertiary/aromatic N) is 1. The Bertz CT molecular complexity index is 637. The van der Waals surface area contributed by atoms with Crippen molar-refractivity contribution in [2.24, 2.45) is 0 Å². The molecule has 0 aromatic heterocycles. The molecule has 0 amide bonds. The van der Waals surface area contributed by atoms with Gasteiger partial charge in [-0.05, 0) is 30.7 Å². The lowest BCUT2D eigenvalue weighted by Crippen LogP contribution is -2.01. The third-order valence-electron chi connectivity index (χ3n) is 2.71. The highest BCUT2D eigenvalue weighted by Gasteiger charge is 2.17. The lowest BCUT2D eigenvalue weighted by atomic mass is 10.2. The molecule has 0 saturated carbocycles. The molecule has 0 unspecified atom stereocenters. The van der Waals surface area contributed by atoms with Crippen molar-refractivity contribution in [1.82, 2.24) is 0 Å². The van der Waals surface area contributed by atoms with Crippen LogP contribution >= 0.6 is 11.6 Å². The van der Waals surface area contributed by atoms with Crippen molar-refractivity contribution in [1.29, 1.82) is 0 Å². The molecule has 2 aromatic carbocycles. The van der Waals surface area contributed by atoms with E-state index in [9.17, 15) is 15.2 Å². The summed E-state index contributed by atoms with van der Waals surface area (Å²) in [5.74, 6) is 0.505. The quantitative estimate of drug-likeness (QED) is 0.686. The Hall–Kier alpha value is -2.27. The normalized spacial score (nSPS) is 10.3. The molecule has 0 spiro atoms. The Labute approximate surface area is 120 Å². The molecule has 0 heterocycles. The molecule has 0 aliphatic carbocycles. The number of rotatable bonds is 4. The highest BCUT2D eigenvalue weighted by Crippen LogP contribution is 2.28. The number of benzene rings is 2. The van der Waals surface area contributed by atoms with Crippen LogP contribution in [0.2, 0.25) is 5.02 Å². The summed E-state index contributed by atoms with van der Waals surface area (Å²) in [7, 11) is 0. The molecule has 5 nitrogen and oxygen atoms in total. The Morgan fingerprint density at radius 2 is 2.10 bits per heavy atom. The third kappa shape index (κ3) is 3.19. The standard InChI is InChI=1S/C14H12ClNO4/c1-9-5-10(17)7-11(6-9)20-8-12-13(15)3-2-4-14(12)16(18)19/h2-7,17H,8H2,1H3. The summed E-state index contributed by atoms with van der Waals surface area (Å²) in [6, 6.07) is 9.21. The molecule has 6 heteroatoms. The van der Waals surface area contributed by atoms with Crippen molar-refractivity contribution in [2.75, 3.05) is 0 Å². The molecule has 0 fully saturated rings. The average molecular weight is 294 g/mol. The van der Waals surface area contributed by atoms with Crippen molar-refractivity contribution < 1.29 is 14.8 Å². The van der Waals surface area contributed by atoms with Gasteiger partial charge in [0.2, 0.25) is 0 Å². The van der Waals surface area contributed by atoms with Gasteiger partial charge in [0.1, 0.15) is 18.1 Å². The van der Waals surface area contributed by atoms with Gasteiger partial charge < -0.3 is 9.84 Å². The van der Waals surface area contributed by atoms with E-state index < -0.39 is 4.92 Å². The summed E-state index contributed by atoms with van der Waals surface area (Å²) in [6.45, 7) is 1.77. The Morgan fingerprint density at radius 1 is 1.35 bits per heavy atom. The number of nitro benzene ring substituents is 1. The maximum absolute atomic E-state index is 10.9. The summed E-state index contributed by atoms with van der Waals surface area (Å²) in [6.07, 6.45) is 0. The van der Waals surface area contributed by atoms with Gasteiger partial charge in [-0.1, -0.05) is 17.7 Å². The van der Waals surface area contributed by atoms with Gasteiger partial charge in [0, 0.05) is 12.1 Å². The minimum Gasteiger partial charge on any atom is -0.508 e. The van der Waals surface area contributed by atoms with E-state index in [1.54, 1.807) is 18.2 Å². The summed E-state index contributed by atoms with van der Waals surface area (Å²) >= 11 is 5.97. The molecular formula is C14H12ClNO4. The summed E-state index contributed by atoms with van der Waals surface area (Å²) in [5, 5.41) is 20.7. The first kappa shape index (κ1) is 14.1. The van der Waals surface area contributed by atoms with E-state index in [0.717, 1.165) is 5.56 Å².